The van der Waals surface area contributed by atoms with E-state index in [-0.39, 0.29) is 11.3 Å². The SMILES string of the molecule is CCOC(=O)/C(C1=NCCC1)=C(/C)O. The van der Waals surface area contributed by atoms with E-state index < -0.39 is 5.97 Å². The molecule has 78 valence electrons. The minimum Gasteiger partial charge on any atom is -0.512 e. The molecule has 0 bridgehead atoms. The second kappa shape index (κ2) is 4.79. The molecule has 0 unspecified atom stereocenters. The summed E-state index contributed by atoms with van der Waals surface area (Å²) < 4.78 is 4.84. The summed E-state index contributed by atoms with van der Waals surface area (Å²) in [6.45, 7) is 4.25. The Morgan fingerprint density at radius 2 is 2.36 bits per heavy atom. The second-order valence-corrected chi connectivity index (χ2v) is 3.11. The number of carbonyl (C=O) groups excluding carboxylic acids is 1. The van der Waals surface area contributed by atoms with Crippen molar-refractivity contribution >= 4 is 11.7 Å². The number of rotatable bonds is 3. The van der Waals surface area contributed by atoms with Gasteiger partial charge in [-0.3, -0.25) is 4.99 Å². The summed E-state index contributed by atoms with van der Waals surface area (Å²) in [7, 11) is 0. The zero-order chi connectivity index (χ0) is 10.6. The monoisotopic (exact) mass is 197 g/mol. The van der Waals surface area contributed by atoms with Crippen LogP contribution < -0.4 is 0 Å². The summed E-state index contributed by atoms with van der Waals surface area (Å²) in [5.74, 6) is -0.489. The molecule has 1 rings (SSSR count). The Morgan fingerprint density at radius 1 is 1.64 bits per heavy atom. The van der Waals surface area contributed by atoms with Crippen molar-refractivity contribution < 1.29 is 14.6 Å². The van der Waals surface area contributed by atoms with Crippen LogP contribution in [0, 0.1) is 0 Å². The highest BCUT2D eigenvalue weighted by Gasteiger charge is 2.22. The Kier molecular flexibility index (Phi) is 3.68. The molecule has 0 radical (unpaired) electrons. The number of esters is 1. The van der Waals surface area contributed by atoms with Crippen LogP contribution in [0.15, 0.2) is 16.3 Å². The number of carbonyl (C=O) groups is 1. The van der Waals surface area contributed by atoms with E-state index in [1.54, 1.807) is 6.92 Å². The van der Waals surface area contributed by atoms with Gasteiger partial charge in [-0.25, -0.2) is 4.79 Å². The zero-order valence-electron chi connectivity index (χ0n) is 8.54. The molecular weight excluding hydrogens is 182 g/mol. The molecule has 0 aromatic carbocycles. The van der Waals surface area contributed by atoms with E-state index in [2.05, 4.69) is 4.99 Å². The van der Waals surface area contributed by atoms with Gasteiger partial charge in [0.1, 0.15) is 11.3 Å². The van der Waals surface area contributed by atoms with Crippen LogP contribution in [0.4, 0.5) is 0 Å². The first kappa shape index (κ1) is 10.8. The maximum atomic E-state index is 11.5. The standard InChI is InChI=1S/C10H15NO3/c1-3-14-10(13)9(7(2)12)8-5-4-6-11-8/h12H,3-6H2,1-2H3/b9-7-. The smallest absolute Gasteiger partial charge is 0.343 e. The lowest BCUT2D eigenvalue weighted by Gasteiger charge is -2.07. The average Bonchev–Trinajstić information content (AvgIpc) is 2.57. The minimum absolute atomic E-state index is 0.0101. The maximum Gasteiger partial charge on any atom is 0.343 e. The van der Waals surface area contributed by atoms with Crippen molar-refractivity contribution in [2.75, 3.05) is 13.2 Å². The van der Waals surface area contributed by atoms with Gasteiger partial charge in [0.05, 0.1) is 12.3 Å². The van der Waals surface area contributed by atoms with Crippen LogP contribution in [0.25, 0.3) is 0 Å². The van der Waals surface area contributed by atoms with Gasteiger partial charge in [0, 0.05) is 6.54 Å². The summed E-state index contributed by atoms with van der Waals surface area (Å²) in [6.07, 6.45) is 1.68. The van der Waals surface area contributed by atoms with E-state index >= 15 is 0 Å². The first-order valence-electron chi connectivity index (χ1n) is 4.77. The van der Waals surface area contributed by atoms with Crippen molar-refractivity contribution in [2.45, 2.75) is 26.7 Å². The number of allylic oxidation sites excluding steroid dienone is 1. The van der Waals surface area contributed by atoms with Crippen molar-refractivity contribution in [2.24, 2.45) is 4.99 Å². The van der Waals surface area contributed by atoms with Crippen LogP contribution in [-0.4, -0.2) is 29.9 Å². The molecule has 0 atom stereocenters. The first-order valence-corrected chi connectivity index (χ1v) is 4.77. The Hall–Kier alpha value is -1.32. The lowest BCUT2D eigenvalue weighted by Crippen LogP contribution is -2.16. The van der Waals surface area contributed by atoms with E-state index in [0.717, 1.165) is 19.4 Å². The first-order chi connectivity index (χ1) is 6.66. The summed E-state index contributed by atoms with van der Waals surface area (Å²) >= 11 is 0. The lowest BCUT2D eigenvalue weighted by molar-refractivity contribution is -0.138. The average molecular weight is 197 g/mol. The molecule has 0 aliphatic carbocycles. The zero-order valence-corrected chi connectivity index (χ0v) is 8.54. The van der Waals surface area contributed by atoms with Crippen molar-refractivity contribution in [3.63, 3.8) is 0 Å². The summed E-state index contributed by atoms with van der Waals surface area (Å²) in [4.78, 5) is 15.6. The van der Waals surface area contributed by atoms with Gasteiger partial charge in [0.15, 0.2) is 0 Å². The van der Waals surface area contributed by atoms with E-state index in [1.165, 1.54) is 6.92 Å². The molecule has 0 fully saturated rings. The number of nitrogens with zero attached hydrogens (tertiary/aromatic N) is 1. The van der Waals surface area contributed by atoms with Crippen molar-refractivity contribution in [3.8, 4) is 0 Å². The highest BCUT2D eigenvalue weighted by atomic mass is 16.5. The third-order valence-electron chi connectivity index (χ3n) is 2.00. The van der Waals surface area contributed by atoms with Crippen molar-refractivity contribution in [3.05, 3.63) is 11.3 Å². The van der Waals surface area contributed by atoms with E-state index in [9.17, 15) is 9.90 Å². The molecule has 4 heteroatoms. The van der Waals surface area contributed by atoms with Crippen LogP contribution in [0.3, 0.4) is 0 Å². The van der Waals surface area contributed by atoms with Crippen molar-refractivity contribution in [1.82, 2.24) is 0 Å². The fourth-order valence-electron chi connectivity index (χ4n) is 1.42. The molecule has 0 saturated heterocycles. The normalized spacial score (nSPS) is 17.4. The van der Waals surface area contributed by atoms with Gasteiger partial charge in [-0.1, -0.05) is 0 Å². The topological polar surface area (TPSA) is 58.9 Å². The van der Waals surface area contributed by atoms with Gasteiger partial charge in [-0.05, 0) is 26.7 Å². The molecule has 0 saturated carbocycles. The number of aliphatic hydroxyl groups excluding tert-OH is 1. The minimum atomic E-state index is -0.479. The molecular formula is C10H15NO3. The molecule has 0 aromatic rings. The summed E-state index contributed by atoms with van der Waals surface area (Å²) in [5.41, 5.74) is 0.910. The largest absolute Gasteiger partial charge is 0.512 e. The van der Waals surface area contributed by atoms with Crippen molar-refractivity contribution in [1.29, 1.82) is 0 Å². The fraction of sp³-hybridized carbons (Fsp3) is 0.600. The molecule has 1 aliphatic rings. The van der Waals surface area contributed by atoms with Crippen LogP contribution in [0.1, 0.15) is 26.7 Å². The Bertz CT molecular complexity index is 288. The summed E-state index contributed by atoms with van der Waals surface area (Å²) in [6, 6.07) is 0. The van der Waals surface area contributed by atoms with Gasteiger partial charge in [-0.15, -0.1) is 0 Å². The molecule has 1 aliphatic heterocycles. The second-order valence-electron chi connectivity index (χ2n) is 3.11. The van der Waals surface area contributed by atoms with Gasteiger partial charge in [-0.2, -0.15) is 0 Å². The Labute approximate surface area is 83.3 Å². The van der Waals surface area contributed by atoms with Crippen LogP contribution >= 0.6 is 0 Å². The van der Waals surface area contributed by atoms with Crippen LogP contribution in [-0.2, 0) is 9.53 Å². The van der Waals surface area contributed by atoms with E-state index in [4.69, 9.17) is 4.74 Å². The van der Waals surface area contributed by atoms with Gasteiger partial charge >= 0.3 is 5.97 Å². The molecule has 4 nitrogen and oxygen atoms in total. The molecule has 1 heterocycles. The highest BCUT2D eigenvalue weighted by Crippen LogP contribution is 2.16. The van der Waals surface area contributed by atoms with E-state index in [0.29, 0.717) is 12.3 Å². The van der Waals surface area contributed by atoms with Crippen LogP contribution in [0.2, 0.25) is 0 Å². The van der Waals surface area contributed by atoms with Gasteiger partial charge in [0.2, 0.25) is 0 Å². The Morgan fingerprint density at radius 3 is 2.79 bits per heavy atom. The fourth-order valence-corrected chi connectivity index (χ4v) is 1.42. The highest BCUT2D eigenvalue weighted by molar-refractivity contribution is 6.20. The number of hydrogen-bond acceptors (Lipinski definition) is 4. The third-order valence-corrected chi connectivity index (χ3v) is 2.00. The third kappa shape index (κ3) is 2.34. The quantitative estimate of drug-likeness (QED) is 0.425. The molecule has 14 heavy (non-hydrogen) atoms. The molecule has 0 aromatic heterocycles. The van der Waals surface area contributed by atoms with E-state index in [1.807, 2.05) is 0 Å². The number of aliphatic hydroxyl groups is 1. The molecule has 0 spiro atoms. The lowest BCUT2D eigenvalue weighted by atomic mass is 10.1. The number of hydrogen-bond donors (Lipinski definition) is 1. The predicted octanol–water partition coefficient (Wildman–Crippen LogP) is 1.62. The molecule has 1 N–H and O–H groups in total. The van der Waals surface area contributed by atoms with Crippen LogP contribution in [0.5, 0.6) is 0 Å². The number of ether oxygens (including phenoxy) is 1. The maximum absolute atomic E-state index is 11.5. The summed E-state index contributed by atoms with van der Waals surface area (Å²) in [5, 5.41) is 9.37. The Balaban J connectivity index is 2.86. The van der Waals surface area contributed by atoms with Gasteiger partial charge in [0.25, 0.3) is 0 Å². The number of aliphatic imine (C=N–C) groups is 1. The molecule has 0 amide bonds. The predicted molar refractivity (Wildman–Crippen MR) is 53.5 cm³/mol. The van der Waals surface area contributed by atoms with Gasteiger partial charge < -0.3 is 9.84 Å².